The number of hydrogen-bond donors (Lipinski definition) is 1. The number of hydrazine groups is 1. The van der Waals surface area contributed by atoms with Gasteiger partial charge in [-0.1, -0.05) is 60.8 Å². The van der Waals surface area contributed by atoms with Gasteiger partial charge in [0.15, 0.2) is 23.3 Å². The van der Waals surface area contributed by atoms with Gasteiger partial charge in [0, 0.05) is 18.5 Å². The van der Waals surface area contributed by atoms with E-state index in [0.29, 0.717) is 5.56 Å². The molecule has 1 aromatic heterocycles. The van der Waals surface area contributed by atoms with Gasteiger partial charge >= 0.3 is 6.09 Å². The summed E-state index contributed by atoms with van der Waals surface area (Å²) in [5.74, 6) is -8.27. The van der Waals surface area contributed by atoms with Crippen molar-refractivity contribution in [1.82, 2.24) is 20.3 Å². The van der Waals surface area contributed by atoms with Crippen LogP contribution in [0, 0.1) is 29.2 Å². The average molecular weight is 543 g/mol. The number of ether oxygens (including phenoxy) is 1. The molecule has 0 aliphatic carbocycles. The molecule has 194 valence electrons. The monoisotopic (exact) mass is 542 g/mol. The van der Waals surface area contributed by atoms with Gasteiger partial charge in [-0.2, -0.15) is 0 Å². The van der Waals surface area contributed by atoms with Crippen molar-refractivity contribution in [2.45, 2.75) is 12.2 Å². The maximum Gasteiger partial charge on any atom is 0.412 e. The molecule has 3 heterocycles. The fourth-order valence-corrected chi connectivity index (χ4v) is 4.66. The highest BCUT2D eigenvalue weighted by Crippen LogP contribution is 2.39. The normalized spacial score (nSPS) is 21.0. The molecule has 3 atom stereocenters. The summed E-state index contributed by atoms with van der Waals surface area (Å²) in [7, 11) is 0. The van der Waals surface area contributed by atoms with Crippen molar-refractivity contribution < 1.29 is 31.9 Å². The smallest absolute Gasteiger partial charge is 0.412 e. The third-order valence-corrected chi connectivity index (χ3v) is 6.53. The second-order valence-electron chi connectivity index (χ2n) is 8.49. The Kier molecular flexibility index (Phi) is 6.81. The van der Waals surface area contributed by atoms with E-state index in [1.165, 1.54) is 4.90 Å². The average Bonchev–Trinajstić information content (AvgIpc) is 3.30. The van der Waals surface area contributed by atoms with Gasteiger partial charge in [-0.3, -0.25) is 20.1 Å². The van der Waals surface area contributed by atoms with E-state index in [1.54, 1.807) is 67.0 Å². The zero-order valence-corrected chi connectivity index (χ0v) is 20.2. The summed E-state index contributed by atoms with van der Waals surface area (Å²) in [6.07, 6.45) is 4.56. The first-order valence-electron chi connectivity index (χ1n) is 11.3. The van der Waals surface area contributed by atoms with Crippen molar-refractivity contribution in [2.75, 3.05) is 6.61 Å². The van der Waals surface area contributed by atoms with Crippen LogP contribution in [-0.2, 0) is 9.53 Å². The number of thiocarbonyl (C=S) groups is 1. The molecular formula is C26H18F4N4O3S. The summed E-state index contributed by atoms with van der Waals surface area (Å²) in [5.41, 5.74) is 2.60. The van der Waals surface area contributed by atoms with Gasteiger partial charge in [0.2, 0.25) is 0 Å². The summed E-state index contributed by atoms with van der Waals surface area (Å²) < 4.78 is 61.6. The highest BCUT2D eigenvalue weighted by molar-refractivity contribution is 7.80. The van der Waals surface area contributed by atoms with Gasteiger partial charge in [0.05, 0.1) is 17.5 Å². The number of hydrogen-bond acceptors (Lipinski definition) is 5. The van der Waals surface area contributed by atoms with Crippen molar-refractivity contribution in [1.29, 1.82) is 0 Å². The van der Waals surface area contributed by atoms with Crippen molar-refractivity contribution in [3.05, 3.63) is 107 Å². The molecule has 2 amide bonds. The fourth-order valence-electron chi connectivity index (χ4n) is 4.38. The SMILES string of the molecule is O=C1[C@H](C=Cc2cccnc2)[C@H](N2C(=O)OC[C@@H]2c2ccccc2)N1NC(=S)c1c(F)c(F)cc(F)c1F. The van der Waals surface area contributed by atoms with Gasteiger partial charge in [0.1, 0.15) is 17.8 Å². The lowest BCUT2D eigenvalue weighted by Gasteiger charge is -2.50. The van der Waals surface area contributed by atoms with Crippen LogP contribution in [0.3, 0.4) is 0 Å². The third-order valence-electron chi connectivity index (χ3n) is 6.23. The van der Waals surface area contributed by atoms with E-state index in [1.807, 2.05) is 0 Å². The second-order valence-corrected chi connectivity index (χ2v) is 8.90. The molecule has 1 N–H and O–H groups in total. The number of cyclic esters (lactones) is 1. The van der Waals surface area contributed by atoms with E-state index >= 15 is 0 Å². The van der Waals surface area contributed by atoms with E-state index < -0.39 is 63.9 Å². The summed E-state index contributed by atoms with van der Waals surface area (Å²) in [6.45, 7) is -0.0107. The van der Waals surface area contributed by atoms with E-state index in [0.717, 1.165) is 10.6 Å². The van der Waals surface area contributed by atoms with Crippen LogP contribution in [0.15, 0.2) is 67.0 Å². The van der Waals surface area contributed by atoms with Gasteiger partial charge in [-0.15, -0.1) is 0 Å². The number of nitrogens with zero attached hydrogens (tertiary/aromatic N) is 3. The number of benzene rings is 2. The highest BCUT2D eigenvalue weighted by atomic mass is 32.1. The lowest BCUT2D eigenvalue weighted by Crippen LogP contribution is -2.72. The molecule has 38 heavy (non-hydrogen) atoms. The number of carbonyl (C=O) groups excluding carboxylic acids is 2. The predicted octanol–water partition coefficient (Wildman–Crippen LogP) is 4.51. The van der Waals surface area contributed by atoms with E-state index in [9.17, 15) is 27.2 Å². The quantitative estimate of drug-likeness (QED) is 0.214. The summed E-state index contributed by atoms with van der Waals surface area (Å²) >= 11 is 5.02. The maximum absolute atomic E-state index is 14.4. The Morgan fingerprint density at radius 2 is 1.76 bits per heavy atom. The number of aromatic nitrogens is 1. The zero-order valence-electron chi connectivity index (χ0n) is 19.4. The van der Waals surface area contributed by atoms with Crippen LogP contribution >= 0.6 is 12.2 Å². The molecule has 2 aromatic carbocycles. The summed E-state index contributed by atoms with van der Waals surface area (Å²) in [6, 6.07) is 11.8. The molecule has 0 bridgehead atoms. The van der Waals surface area contributed by atoms with Crippen molar-refractivity contribution in [3.8, 4) is 0 Å². The van der Waals surface area contributed by atoms with Gasteiger partial charge in [0.25, 0.3) is 5.91 Å². The molecule has 2 aliphatic heterocycles. The lowest BCUT2D eigenvalue weighted by molar-refractivity contribution is -0.167. The Hall–Kier alpha value is -4.32. The van der Waals surface area contributed by atoms with Crippen molar-refractivity contribution in [3.63, 3.8) is 0 Å². The molecule has 0 saturated carbocycles. The number of pyridine rings is 1. The molecule has 12 heteroatoms. The molecule has 2 fully saturated rings. The minimum Gasteiger partial charge on any atom is -0.447 e. The van der Waals surface area contributed by atoms with Crippen LogP contribution in [-0.4, -0.2) is 44.7 Å². The molecule has 7 nitrogen and oxygen atoms in total. The maximum atomic E-state index is 14.4. The van der Waals surface area contributed by atoms with Crippen molar-refractivity contribution >= 4 is 35.3 Å². The largest absolute Gasteiger partial charge is 0.447 e. The number of β-lactam (4-membered cyclic amide) rings is 1. The molecule has 2 aliphatic rings. The number of carbonyl (C=O) groups is 2. The highest BCUT2D eigenvalue weighted by Gasteiger charge is 2.55. The third kappa shape index (κ3) is 4.47. The molecule has 0 radical (unpaired) electrons. The fraction of sp³-hybridized carbons (Fsp3) is 0.154. The Morgan fingerprint density at radius 3 is 2.42 bits per heavy atom. The molecule has 0 spiro atoms. The van der Waals surface area contributed by atoms with Crippen LogP contribution in [0.5, 0.6) is 0 Å². The molecule has 5 rings (SSSR count). The Bertz CT molecular complexity index is 1420. The van der Waals surface area contributed by atoms with Gasteiger partial charge in [-0.25, -0.2) is 27.4 Å². The van der Waals surface area contributed by atoms with Gasteiger partial charge < -0.3 is 4.74 Å². The first-order valence-corrected chi connectivity index (χ1v) is 11.7. The summed E-state index contributed by atoms with van der Waals surface area (Å²) in [4.78, 5) is 30.6. The van der Waals surface area contributed by atoms with E-state index in [4.69, 9.17) is 17.0 Å². The van der Waals surface area contributed by atoms with Gasteiger partial charge in [-0.05, 0) is 17.2 Å². The van der Waals surface area contributed by atoms with Crippen molar-refractivity contribution in [2.24, 2.45) is 5.92 Å². The zero-order chi connectivity index (χ0) is 27.0. The Morgan fingerprint density at radius 1 is 1.05 bits per heavy atom. The standard InChI is InChI=1S/C26H18F4N4O3S/c27-17-11-18(28)22(30)20(21(17)29)23(38)32-34-24(16(25(34)35)9-8-14-5-4-10-31-12-14)33-19(13-37-26(33)36)15-6-2-1-3-7-15/h1-12,16,19,24H,13H2,(H,32,38)/t16-,19-,24-/m1/s1. The molecule has 0 unspecified atom stereocenters. The first kappa shape index (κ1) is 25.3. The minimum atomic E-state index is -1.72. The van der Waals surface area contributed by atoms with Crippen LogP contribution in [0.25, 0.3) is 6.08 Å². The second kappa shape index (κ2) is 10.2. The molecule has 3 aromatic rings. The van der Waals surface area contributed by atoms with Crippen LogP contribution in [0.4, 0.5) is 22.4 Å². The van der Waals surface area contributed by atoms with Crippen LogP contribution in [0.2, 0.25) is 0 Å². The first-order chi connectivity index (χ1) is 18.3. The number of amides is 2. The minimum absolute atomic E-state index is 0.0107. The Balaban J connectivity index is 1.50. The van der Waals surface area contributed by atoms with Crippen LogP contribution < -0.4 is 5.43 Å². The summed E-state index contributed by atoms with van der Waals surface area (Å²) in [5, 5.41) is 0.894. The number of rotatable bonds is 6. The molecular weight excluding hydrogens is 524 g/mol. The number of halogens is 4. The number of nitrogens with one attached hydrogen (secondary N) is 1. The van der Waals surface area contributed by atoms with E-state index in [2.05, 4.69) is 10.4 Å². The predicted molar refractivity (Wildman–Crippen MR) is 131 cm³/mol. The van der Waals surface area contributed by atoms with Crippen LogP contribution in [0.1, 0.15) is 22.7 Å². The lowest BCUT2D eigenvalue weighted by atomic mass is 9.91. The Labute approximate surface area is 219 Å². The molecule has 2 saturated heterocycles. The topological polar surface area (TPSA) is 74.8 Å². The van der Waals surface area contributed by atoms with E-state index in [-0.39, 0.29) is 12.7 Å².